The third-order valence-electron chi connectivity index (χ3n) is 2.96. The highest BCUT2D eigenvalue weighted by Gasteiger charge is 2.14. The van der Waals surface area contributed by atoms with Gasteiger partial charge in [-0.25, -0.2) is 13.1 Å². The Hall–Kier alpha value is -0.660. The van der Waals surface area contributed by atoms with E-state index in [1.165, 1.54) is 0 Å². The van der Waals surface area contributed by atoms with Gasteiger partial charge in [0, 0.05) is 19.7 Å². The van der Waals surface area contributed by atoms with Crippen molar-refractivity contribution in [3.05, 3.63) is 29.8 Å². The summed E-state index contributed by atoms with van der Waals surface area (Å²) in [6, 6.07) is 7.01. The number of nitrogens with one attached hydrogen (secondary N) is 2. The lowest BCUT2D eigenvalue weighted by molar-refractivity contribution is 0.202. The van der Waals surface area contributed by atoms with Crippen LogP contribution in [0.2, 0.25) is 0 Å². The van der Waals surface area contributed by atoms with Crippen molar-refractivity contribution < 1.29 is 13.2 Å². The predicted octanol–water partition coefficient (Wildman–Crippen LogP) is 1.57. The van der Waals surface area contributed by atoms with Crippen LogP contribution in [-0.4, -0.2) is 41.3 Å². The average Bonchev–Trinajstić information content (AvgIpc) is 2.44. The maximum Gasteiger partial charge on any atom is 0.240 e. The van der Waals surface area contributed by atoms with Crippen LogP contribution in [0.25, 0.3) is 0 Å². The molecule has 5 nitrogen and oxygen atoms in total. The lowest BCUT2D eigenvalue weighted by atomic mass is 10.2. The maximum atomic E-state index is 12.1. The van der Waals surface area contributed by atoms with Crippen LogP contribution in [0.4, 0.5) is 0 Å². The van der Waals surface area contributed by atoms with Gasteiger partial charge >= 0.3 is 0 Å². The number of likely N-dealkylation sites (N-methyl/N-ethyl adjacent to an activating group) is 1. The fraction of sp³-hybridized carbons (Fsp3) is 0.571. The summed E-state index contributed by atoms with van der Waals surface area (Å²) in [6.45, 7) is 5.76. The van der Waals surface area contributed by atoms with E-state index in [0.717, 1.165) is 18.5 Å². The van der Waals surface area contributed by atoms with Crippen LogP contribution in [0.15, 0.2) is 29.2 Å². The zero-order chi connectivity index (χ0) is 15.0. The van der Waals surface area contributed by atoms with E-state index >= 15 is 0 Å². The third-order valence-corrected chi connectivity index (χ3v) is 4.40. The van der Waals surface area contributed by atoms with Gasteiger partial charge < -0.3 is 10.1 Å². The lowest BCUT2D eigenvalue weighted by Crippen LogP contribution is -2.38. The van der Waals surface area contributed by atoms with Crippen molar-refractivity contribution in [2.24, 2.45) is 0 Å². The molecule has 1 rings (SSSR count). The molecule has 0 aliphatic carbocycles. The van der Waals surface area contributed by atoms with Crippen molar-refractivity contribution in [2.45, 2.75) is 31.2 Å². The standard InChI is InChI=1S/C14H24N2O3S.ClH/c1-4-15-12(2)11-16-20(17,18)14-7-5-13(6-8-14)9-10-19-3;/h5-8,12,15-16H,4,9-11H2,1-3H3;1H/t12-;/m1./s1. The number of ether oxygens (including phenoxy) is 1. The van der Waals surface area contributed by atoms with E-state index in [4.69, 9.17) is 4.74 Å². The summed E-state index contributed by atoms with van der Waals surface area (Å²) in [6.07, 6.45) is 0.779. The number of halogens is 1. The Bertz CT molecular complexity index is 491. The normalized spacial score (nSPS) is 12.7. The minimum atomic E-state index is -3.43. The van der Waals surface area contributed by atoms with Crippen LogP contribution in [0.1, 0.15) is 19.4 Å². The first kappa shape index (κ1) is 20.3. The molecule has 2 N–H and O–H groups in total. The molecule has 0 saturated carbocycles. The Labute approximate surface area is 133 Å². The number of rotatable bonds is 9. The largest absolute Gasteiger partial charge is 0.384 e. The van der Waals surface area contributed by atoms with Gasteiger partial charge in [0.1, 0.15) is 0 Å². The van der Waals surface area contributed by atoms with Crippen LogP contribution in [0.3, 0.4) is 0 Å². The minimum absolute atomic E-state index is 0. The topological polar surface area (TPSA) is 67.4 Å². The molecule has 0 bridgehead atoms. The molecule has 0 amide bonds. The van der Waals surface area contributed by atoms with Gasteiger partial charge in [-0.05, 0) is 37.6 Å². The highest BCUT2D eigenvalue weighted by Crippen LogP contribution is 2.11. The molecule has 1 aromatic carbocycles. The second-order valence-electron chi connectivity index (χ2n) is 4.70. The van der Waals surface area contributed by atoms with Crippen molar-refractivity contribution in [3.8, 4) is 0 Å². The van der Waals surface area contributed by atoms with Crippen molar-refractivity contribution in [3.63, 3.8) is 0 Å². The van der Waals surface area contributed by atoms with Gasteiger partial charge in [0.25, 0.3) is 0 Å². The highest BCUT2D eigenvalue weighted by atomic mass is 35.5. The highest BCUT2D eigenvalue weighted by molar-refractivity contribution is 7.89. The summed E-state index contributed by atoms with van der Waals surface area (Å²) in [5.41, 5.74) is 1.06. The summed E-state index contributed by atoms with van der Waals surface area (Å²) in [5, 5.41) is 3.16. The van der Waals surface area contributed by atoms with E-state index in [1.807, 2.05) is 26.0 Å². The smallest absolute Gasteiger partial charge is 0.240 e. The van der Waals surface area contributed by atoms with Crippen molar-refractivity contribution in [1.82, 2.24) is 10.0 Å². The molecule has 21 heavy (non-hydrogen) atoms. The molecule has 0 radical (unpaired) electrons. The van der Waals surface area contributed by atoms with E-state index in [2.05, 4.69) is 10.0 Å². The first-order valence-electron chi connectivity index (χ1n) is 6.80. The molecule has 1 atom stereocenters. The van der Waals surface area contributed by atoms with Crippen LogP contribution >= 0.6 is 12.4 Å². The lowest BCUT2D eigenvalue weighted by Gasteiger charge is -2.13. The van der Waals surface area contributed by atoms with Gasteiger partial charge in [0.05, 0.1) is 11.5 Å². The maximum absolute atomic E-state index is 12.1. The second kappa shape index (κ2) is 10.1. The van der Waals surface area contributed by atoms with Gasteiger partial charge in [-0.1, -0.05) is 19.1 Å². The predicted molar refractivity (Wildman–Crippen MR) is 87.6 cm³/mol. The molecule has 0 aliphatic heterocycles. The molecular weight excluding hydrogens is 312 g/mol. The van der Waals surface area contributed by atoms with E-state index in [0.29, 0.717) is 18.0 Å². The van der Waals surface area contributed by atoms with Gasteiger partial charge in [-0.15, -0.1) is 12.4 Å². The molecule has 7 heteroatoms. The fourth-order valence-electron chi connectivity index (χ4n) is 1.79. The Morgan fingerprint density at radius 1 is 1.24 bits per heavy atom. The number of hydrogen-bond donors (Lipinski definition) is 2. The van der Waals surface area contributed by atoms with E-state index < -0.39 is 10.0 Å². The summed E-state index contributed by atoms with van der Waals surface area (Å²) >= 11 is 0. The molecule has 0 heterocycles. The van der Waals surface area contributed by atoms with Crippen molar-refractivity contribution in [1.29, 1.82) is 0 Å². The number of sulfonamides is 1. The molecule has 0 aliphatic rings. The molecule has 1 aromatic rings. The van der Waals surface area contributed by atoms with E-state index in [-0.39, 0.29) is 18.4 Å². The molecule has 0 aromatic heterocycles. The molecule has 0 spiro atoms. The van der Waals surface area contributed by atoms with Gasteiger partial charge in [0.15, 0.2) is 0 Å². The first-order valence-corrected chi connectivity index (χ1v) is 8.29. The zero-order valence-electron chi connectivity index (χ0n) is 12.8. The molecule has 0 fully saturated rings. The molecule has 0 unspecified atom stereocenters. The Morgan fingerprint density at radius 3 is 2.38 bits per heavy atom. The van der Waals surface area contributed by atoms with Crippen LogP contribution in [-0.2, 0) is 21.2 Å². The van der Waals surface area contributed by atoms with Gasteiger partial charge in [-0.2, -0.15) is 0 Å². The van der Waals surface area contributed by atoms with Crippen molar-refractivity contribution in [2.75, 3.05) is 26.8 Å². The third kappa shape index (κ3) is 7.24. The Kier molecular flexibility index (Phi) is 9.81. The zero-order valence-corrected chi connectivity index (χ0v) is 14.4. The van der Waals surface area contributed by atoms with Crippen LogP contribution in [0.5, 0.6) is 0 Å². The number of methoxy groups -OCH3 is 1. The van der Waals surface area contributed by atoms with Gasteiger partial charge in [0.2, 0.25) is 10.0 Å². The first-order chi connectivity index (χ1) is 9.49. The summed E-state index contributed by atoms with van der Waals surface area (Å²) in [5.74, 6) is 0. The van der Waals surface area contributed by atoms with Crippen molar-refractivity contribution >= 4 is 22.4 Å². The fourth-order valence-corrected chi connectivity index (χ4v) is 2.92. The summed E-state index contributed by atoms with van der Waals surface area (Å²) < 4.78 is 31.8. The molecular formula is C14H25ClN2O3S. The minimum Gasteiger partial charge on any atom is -0.384 e. The van der Waals surface area contributed by atoms with Gasteiger partial charge in [-0.3, -0.25) is 0 Å². The molecule has 122 valence electrons. The van der Waals surface area contributed by atoms with Crippen LogP contribution in [0, 0.1) is 0 Å². The summed E-state index contributed by atoms with van der Waals surface area (Å²) in [7, 11) is -1.79. The quantitative estimate of drug-likeness (QED) is 0.718. The Morgan fingerprint density at radius 2 is 1.86 bits per heavy atom. The number of benzene rings is 1. The monoisotopic (exact) mass is 336 g/mol. The second-order valence-corrected chi connectivity index (χ2v) is 6.46. The summed E-state index contributed by atoms with van der Waals surface area (Å²) in [4.78, 5) is 0.294. The van der Waals surface area contributed by atoms with E-state index in [9.17, 15) is 8.42 Å². The SMILES string of the molecule is CCN[C@H](C)CNS(=O)(=O)c1ccc(CCOC)cc1.Cl. The molecule has 0 saturated heterocycles. The average molecular weight is 337 g/mol. The van der Waals surface area contributed by atoms with E-state index in [1.54, 1.807) is 19.2 Å². The van der Waals surface area contributed by atoms with Crippen LogP contribution < -0.4 is 10.0 Å². The Balaban J connectivity index is 0.00000400. The number of hydrogen-bond acceptors (Lipinski definition) is 4.